The molecule has 2 rings (SSSR count). The fraction of sp³-hybridized carbons (Fsp3) is 0.200. The lowest BCUT2D eigenvalue weighted by molar-refractivity contribution is 0.102. The number of benzene rings is 1. The summed E-state index contributed by atoms with van der Waals surface area (Å²) in [6.45, 7) is 0. The van der Waals surface area contributed by atoms with E-state index in [4.69, 9.17) is 11.6 Å². The molecule has 0 bridgehead atoms. The van der Waals surface area contributed by atoms with Gasteiger partial charge in [0.25, 0.3) is 5.91 Å². The maximum atomic E-state index is 12.1. The molecule has 0 saturated heterocycles. The molecule has 0 saturated carbocycles. The molecule has 0 aliphatic rings. The number of hydrogen-bond acceptors (Lipinski definition) is 2. The number of pyridine rings is 1. The Hall–Kier alpha value is -1.39. The Morgan fingerprint density at radius 2 is 2.15 bits per heavy atom. The van der Waals surface area contributed by atoms with Crippen molar-refractivity contribution in [3.63, 3.8) is 0 Å². The third-order valence-corrected chi connectivity index (χ3v) is 3.66. The molecule has 0 unspecified atom stereocenters. The standard InChI is InChI=1S/C15H14BrClN2O/c16-13-7-3-9-18-14(13)15(20)19-12-6-1-4-11(10-12)5-2-8-17/h1,3-4,6-7,9-10H,2,5,8H2,(H,19,20). The summed E-state index contributed by atoms with van der Waals surface area (Å²) in [4.78, 5) is 16.2. The molecule has 1 heterocycles. The Kier molecular flexibility index (Phi) is 5.56. The average Bonchev–Trinajstić information content (AvgIpc) is 2.46. The predicted octanol–water partition coefficient (Wildman–Crippen LogP) is 4.27. The monoisotopic (exact) mass is 352 g/mol. The van der Waals surface area contributed by atoms with Gasteiger partial charge in [0.1, 0.15) is 5.69 Å². The van der Waals surface area contributed by atoms with Gasteiger partial charge in [-0.05, 0) is 58.6 Å². The van der Waals surface area contributed by atoms with E-state index in [9.17, 15) is 4.79 Å². The first-order valence-corrected chi connectivity index (χ1v) is 7.60. The average molecular weight is 354 g/mol. The molecule has 3 nitrogen and oxygen atoms in total. The number of aryl methyl sites for hydroxylation is 1. The molecule has 2 aromatic rings. The largest absolute Gasteiger partial charge is 0.321 e. The van der Waals surface area contributed by atoms with Crippen LogP contribution >= 0.6 is 27.5 Å². The number of aromatic nitrogens is 1. The summed E-state index contributed by atoms with van der Waals surface area (Å²) < 4.78 is 0.677. The summed E-state index contributed by atoms with van der Waals surface area (Å²) in [5, 5.41) is 2.85. The van der Waals surface area contributed by atoms with Crippen LogP contribution < -0.4 is 5.32 Å². The van der Waals surface area contributed by atoms with Crippen LogP contribution in [0.4, 0.5) is 5.69 Å². The molecule has 0 fully saturated rings. The second-order valence-electron chi connectivity index (χ2n) is 4.28. The van der Waals surface area contributed by atoms with Crippen LogP contribution in [0.15, 0.2) is 47.1 Å². The van der Waals surface area contributed by atoms with Gasteiger partial charge in [0.2, 0.25) is 0 Å². The van der Waals surface area contributed by atoms with Gasteiger partial charge in [-0.2, -0.15) is 0 Å². The molecular weight excluding hydrogens is 340 g/mol. The van der Waals surface area contributed by atoms with E-state index in [2.05, 4.69) is 26.2 Å². The number of rotatable bonds is 5. The second kappa shape index (κ2) is 7.41. The number of carbonyl (C=O) groups is 1. The van der Waals surface area contributed by atoms with Crippen molar-refractivity contribution in [2.45, 2.75) is 12.8 Å². The van der Waals surface area contributed by atoms with Gasteiger partial charge in [-0.15, -0.1) is 11.6 Å². The van der Waals surface area contributed by atoms with Crippen LogP contribution in [0.3, 0.4) is 0 Å². The molecular formula is C15H14BrClN2O. The summed E-state index contributed by atoms with van der Waals surface area (Å²) in [7, 11) is 0. The summed E-state index contributed by atoms with van der Waals surface area (Å²) in [5.41, 5.74) is 2.29. The number of amides is 1. The summed E-state index contributed by atoms with van der Waals surface area (Å²) in [5.74, 6) is 0.407. The van der Waals surface area contributed by atoms with E-state index >= 15 is 0 Å². The van der Waals surface area contributed by atoms with E-state index in [0.29, 0.717) is 16.0 Å². The van der Waals surface area contributed by atoms with Gasteiger partial charge >= 0.3 is 0 Å². The van der Waals surface area contributed by atoms with Crippen molar-refractivity contribution in [1.82, 2.24) is 4.98 Å². The van der Waals surface area contributed by atoms with Crippen LogP contribution in [0.5, 0.6) is 0 Å². The number of hydrogen-bond donors (Lipinski definition) is 1. The second-order valence-corrected chi connectivity index (χ2v) is 5.51. The topological polar surface area (TPSA) is 42.0 Å². The Labute approximate surface area is 131 Å². The molecule has 20 heavy (non-hydrogen) atoms. The number of alkyl halides is 1. The van der Waals surface area contributed by atoms with E-state index in [1.54, 1.807) is 18.3 Å². The highest BCUT2D eigenvalue weighted by Crippen LogP contribution is 2.17. The fourth-order valence-corrected chi connectivity index (χ4v) is 2.39. The Morgan fingerprint density at radius 1 is 1.30 bits per heavy atom. The Balaban J connectivity index is 2.10. The first-order valence-electron chi connectivity index (χ1n) is 6.27. The zero-order chi connectivity index (χ0) is 14.4. The predicted molar refractivity (Wildman–Crippen MR) is 85.4 cm³/mol. The number of halogens is 2. The molecule has 0 aliphatic heterocycles. The van der Waals surface area contributed by atoms with Crippen LogP contribution in [-0.2, 0) is 6.42 Å². The number of anilines is 1. The van der Waals surface area contributed by atoms with Gasteiger partial charge in [-0.25, -0.2) is 4.98 Å². The third kappa shape index (κ3) is 4.05. The molecule has 0 spiro atoms. The zero-order valence-corrected chi connectivity index (χ0v) is 13.1. The number of nitrogens with zero attached hydrogens (tertiary/aromatic N) is 1. The van der Waals surface area contributed by atoms with Crippen molar-refractivity contribution >= 4 is 39.1 Å². The highest BCUT2D eigenvalue weighted by atomic mass is 79.9. The lowest BCUT2D eigenvalue weighted by Gasteiger charge is -2.07. The molecule has 0 atom stereocenters. The SMILES string of the molecule is O=C(Nc1cccc(CCCCl)c1)c1ncccc1Br. The first kappa shape index (κ1) is 15.0. The minimum atomic E-state index is -0.230. The van der Waals surface area contributed by atoms with Gasteiger partial charge in [0.15, 0.2) is 0 Å². The van der Waals surface area contributed by atoms with Gasteiger partial charge in [0, 0.05) is 22.2 Å². The Bertz CT molecular complexity index is 604. The van der Waals surface area contributed by atoms with E-state index in [0.717, 1.165) is 24.1 Å². The summed E-state index contributed by atoms with van der Waals surface area (Å²) >= 11 is 9.01. The zero-order valence-electron chi connectivity index (χ0n) is 10.8. The molecule has 1 N–H and O–H groups in total. The van der Waals surface area contributed by atoms with Crippen molar-refractivity contribution in [3.8, 4) is 0 Å². The first-order chi connectivity index (χ1) is 9.70. The number of carbonyl (C=O) groups excluding carboxylic acids is 1. The van der Waals surface area contributed by atoms with E-state index < -0.39 is 0 Å². The lowest BCUT2D eigenvalue weighted by Crippen LogP contribution is -2.14. The van der Waals surface area contributed by atoms with Crippen LogP contribution in [0.1, 0.15) is 22.5 Å². The van der Waals surface area contributed by atoms with E-state index in [1.165, 1.54) is 0 Å². The summed E-state index contributed by atoms with van der Waals surface area (Å²) in [6, 6.07) is 11.3. The van der Waals surface area contributed by atoms with Gasteiger partial charge < -0.3 is 5.32 Å². The highest BCUT2D eigenvalue weighted by molar-refractivity contribution is 9.10. The Morgan fingerprint density at radius 3 is 2.90 bits per heavy atom. The van der Waals surface area contributed by atoms with Crippen LogP contribution in [0.2, 0.25) is 0 Å². The fourth-order valence-electron chi connectivity index (χ4n) is 1.82. The molecule has 5 heteroatoms. The molecule has 1 aromatic heterocycles. The highest BCUT2D eigenvalue weighted by Gasteiger charge is 2.11. The van der Waals surface area contributed by atoms with Gasteiger partial charge in [0.05, 0.1) is 0 Å². The quantitative estimate of drug-likeness (QED) is 0.816. The normalized spacial score (nSPS) is 10.3. The van der Waals surface area contributed by atoms with E-state index in [1.807, 2.05) is 24.3 Å². The molecule has 104 valence electrons. The summed E-state index contributed by atoms with van der Waals surface area (Å²) in [6.07, 6.45) is 3.42. The maximum Gasteiger partial charge on any atom is 0.275 e. The van der Waals surface area contributed by atoms with Crippen molar-refractivity contribution in [1.29, 1.82) is 0 Å². The van der Waals surface area contributed by atoms with Crippen molar-refractivity contribution in [2.75, 3.05) is 11.2 Å². The van der Waals surface area contributed by atoms with Crippen molar-refractivity contribution in [2.24, 2.45) is 0 Å². The van der Waals surface area contributed by atoms with Gasteiger partial charge in [-0.3, -0.25) is 4.79 Å². The van der Waals surface area contributed by atoms with Crippen molar-refractivity contribution < 1.29 is 4.79 Å². The molecule has 0 aliphatic carbocycles. The molecule has 1 aromatic carbocycles. The maximum absolute atomic E-state index is 12.1. The molecule has 0 radical (unpaired) electrons. The minimum absolute atomic E-state index is 0.230. The van der Waals surface area contributed by atoms with Crippen LogP contribution in [-0.4, -0.2) is 16.8 Å². The number of nitrogens with one attached hydrogen (secondary N) is 1. The minimum Gasteiger partial charge on any atom is -0.321 e. The smallest absolute Gasteiger partial charge is 0.275 e. The molecule has 1 amide bonds. The van der Waals surface area contributed by atoms with Gasteiger partial charge in [-0.1, -0.05) is 12.1 Å². The van der Waals surface area contributed by atoms with E-state index in [-0.39, 0.29) is 5.91 Å². The van der Waals surface area contributed by atoms with Crippen LogP contribution in [0, 0.1) is 0 Å². The van der Waals surface area contributed by atoms with Crippen LogP contribution in [0.25, 0.3) is 0 Å². The van der Waals surface area contributed by atoms with Crippen molar-refractivity contribution in [3.05, 3.63) is 58.3 Å². The third-order valence-electron chi connectivity index (χ3n) is 2.76. The lowest BCUT2D eigenvalue weighted by atomic mass is 10.1.